The smallest absolute Gasteiger partial charge is 0.356 e. The highest BCUT2D eigenvalue weighted by Crippen LogP contribution is 2.44. The van der Waals surface area contributed by atoms with E-state index in [1.807, 2.05) is 0 Å². The Balaban J connectivity index is 2.32. The van der Waals surface area contributed by atoms with E-state index in [2.05, 4.69) is 9.72 Å². The predicted octanol–water partition coefficient (Wildman–Crippen LogP) is 2.33. The molecule has 0 atom stereocenters. The third-order valence-electron chi connectivity index (χ3n) is 2.25. The SMILES string of the molecule is COC(=O)c1[nH]cc(C2CC2)c1Cl. The molecule has 0 unspecified atom stereocenters. The largest absolute Gasteiger partial charge is 0.464 e. The lowest BCUT2D eigenvalue weighted by molar-refractivity contribution is 0.0595. The van der Waals surface area contributed by atoms with Crippen molar-refractivity contribution in [2.45, 2.75) is 18.8 Å². The van der Waals surface area contributed by atoms with E-state index in [9.17, 15) is 4.79 Å². The van der Waals surface area contributed by atoms with Crippen molar-refractivity contribution in [3.8, 4) is 0 Å². The second kappa shape index (κ2) is 3.07. The van der Waals surface area contributed by atoms with Crippen LogP contribution in [0.25, 0.3) is 0 Å². The van der Waals surface area contributed by atoms with Crippen molar-refractivity contribution in [2.75, 3.05) is 7.11 Å². The second-order valence-corrected chi connectivity index (χ2v) is 3.58. The minimum absolute atomic E-state index is 0.367. The number of halogens is 1. The summed E-state index contributed by atoms with van der Waals surface area (Å²) in [6.45, 7) is 0. The summed E-state index contributed by atoms with van der Waals surface area (Å²) in [6.07, 6.45) is 4.13. The highest BCUT2D eigenvalue weighted by molar-refractivity contribution is 6.34. The molecule has 1 aromatic rings. The van der Waals surface area contributed by atoms with Gasteiger partial charge >= 0.3 is 5.97 Å². The van der Waals surface area contributed by atoms with E-state index in [4.69, 9.17) is 11.6 Å². The van der Waals surface area contributed by atoms with Gasteiger partial charge < -0.3 is 9.72 Å². The zero-order valence-corrected chi connectivity index (χ0v) is 8.02. The molecule has 70 valence electrons. The minimum atomic E-state index is -0.406. The van der Waals surface area contributed by atoms with Gasteiger partial charge in [-0.25, -0.2) is 4.79 Å². The molecule has 0 bridgehead atoms. The van der Waals surface area contributed by atoms with Crippen LogP contribution in [0.2, 0.25) is 5.02 Å². The number of H-pyrrole nitrogens is 1. The molecule has 2 rings (SSSR count). The van der Waals surface area contributed by atoms with Crippen molar-refractivity contribution >= 4 is 17.6 Å². The van der Waals surface area contributed by atoms with Crippen LogP contribution in [0.1, 0.15) is 34.8 Å². The molecule has 0 spiro atoms. The molecular weight excluding hydrogens is 190 g/mol. The van der Waals surface area contributed by atoms with E-state index in [0.717, 1.165) is 18.4 Å². The van der Waals surface area contributed by atoms with E-state index in [1.165, 1.54) is 7.11 Å². The van der Waals surface area contributed by atoms with Gasteiger partial charge in [0.2, 0.25) is 0 Å². The Morgan fingerprint density at radius 2 is 2.38 bits per heavy atom. The molecule has 0 amide bonds. The number of nitrogens with one attached hydrogen (secondary N) is 1. The molecule has 0 radical (unpaired) electrons. The standard InChI is InChI=1S/C9H10ClNO2/c1-13-9(12)8-7(10)6(4-11-8)5-2-3-5/h4-5,11H,2-3H2,1H3. The first-order valence-corrected chi connectivity index (χ1v) is 4.57. The fourth-order valence-electron chi connectivity index (χ4n) is 1.36. The summed E-state index contributed by atoms with van der Waals surface area (Å²) in [4.78, 5) is 14.0. The number of esters is 1. The van der Waals surface area contributed by atoms with Crippen LogP contribution in [0.5, 0.6) is 0 Å². The summed E-state index contributed by atoms with van der Waals surface area (Å²) in [7, 11) is 1.34. The summed E-state index contributed by atoms with van der Waals surface area (Å²) in [5.41, 5.74) is 1.41. The van der Waals surface area contributed by atoms with Gasteiger partial charge in [-0.1, -0.05) is 11.6 Å². The number of hydrogen-bond acceptors (Lipinski definition) is 2. The molecule has 13 heavy (non-hydrogen) atoms. The molecule has 1 aromatic heterocycles. The third kappa shape index (κ3) is 1.44. The Kier molecular flexibility index (Phi) is 2.04. The van der Waals surface area contributed by atoms with Crippen molar-refractivity contribution in [2.24, 2.45) is 0 Å². The molecule has 0 saturated heterocycles. The zero-order chi connectivity index (χ0) is 9.42. The maximum Gasteiger partial charge on any atom is 0.356 e. The van der Waals surface area contributed by atoms with Gasteiger partial charge in [-0.05, 0) is 24.3 Å². The summed E-state index contributed by atoms with van der Waals surface area (Å²) in [5, 5.41) is 0.523. The lowest BCUT2D eigenvalue weighted by Gasteiger charge is -1.96. The number of carbonyl (C=O) groups excluding carboxylic acids is 1. The van der Waals surface area contributed by atoms with Gasteiger partial charge in [-0.15, -0.1) is 0 Å². The first-order valence-electron chi connectivity index (χ1n) is 4.19. The second-order valence-electron chi connectivity index (χ2n) is 3.20. The Labute approximate surface area is 81.0 Å². The van der Waals surface area contributed by atoms with Crippen LogP contribution >= 0.6 is 11.6 Å². The van der Waals surface area contributed by atoms with Gasteiger partial charge in [-0.2, -0.15) is 0 Å². The third-order valence-corrected chi connectivity index (χ3v) is 2.66. The average Bonchev–Trinajstić information content (AvgIpc) is 2.90. The number of aromatic nitrogens is 1. The molecule has 0 aliphatic heterocycles. The van der Waals surface area contributed by atoms with Gasteiger partial charge in [-0.3, -0.25) is 0 Å². The first kappa shape index (κ1) is 8.63. The normalized spacial score (nSPS) is 15.8. The van der Waals surface area contributed by atoms with Crippen LogP contribution in [0, 0.1) is 0 Å². The van der Waals surface area contributed by atoms with Crippen molar-refractivity contribution in [3.05, 3.63) is 22.5 Å². The molecule has 1 saturated carbocycles. The number of carbonyl (C=O) groups is 1. The number of methoxy groups -OCH3 is 1. The van der Waals surface area contributed by atoms with Crippen molar-refractivity contribution in [1.29, 1.82) is 0 Å². The number of rotatable bonds is 2. The highest BCUT2D eigenvalue weighted by atomic mass is 35.5. The summed E-state index contributed by atoms with van der Waals surface area (Å²) >= 11 is 6.00. The number of hydrogen-bond donors (Lipinski definition) is 1. The van der Waals surface area contributed by atoms with Gasteiger partial charge in [0.05, 0.1) is 12.1 Å². The zero-order valence-electron chi connectivity index (χ0n) is 7.26. The minimum Gasteiger partial charge on any atom is -0.464 e. The van der Waals surface area contributed by atoms with Crippen LogP contribution < -0.4 is 0 Å². The van der Waals surface area contributed by atoms with Gasteiger partial charge in [0.15, 0.2) is 0 Å². The lowest BCUT2D eigenvalue weighted by Crippen LogP contribution is -2.01. The summed E-state index contributed by atoms with van der Waals surface area (Å²) in [5.74, 6) is 0.138. The van der Waals surface area contributed by atoms with Crippen LogP contribution in [0.4, 0.5) is 0 Å². The van der Waals surface area contributed by atoms with Crippen molar-refractivity contribution < 1.29 is 9.53 Å². The van der Waals surface area contributed by atoms with E-state index >= 15 is 0 Å². The van der Waals surface area contributed by atoms with Crippen LogP contribution in [0.3, 0.4) is 0 Å². The number of aromatic amines is 1. The van der Waals surface area contributed by atoms with Crippen LogP contribution in [0.15, 0.2) is 6.20 Å². The fourth-order valence-corrected chi connectivity index (χ4v) is 1.70. The molecule has 4 heteroatoms. The Morgan fingerprint density at radius 1 is 1.69 bits per heavy atom. The van der Waals surface area contributed by atoms with Crippen molar-refractivity contribution in [1.82, 2.24) is 4.98 Å². The van der Waals surface area contributed by atoms with E-state index in [1.54, 1.807) is 6.20 Å². The molecule has 1 aliphatic rings. The Bertz CT molecular complexity index is 341. The van der Waals surface area contributed by atoms with Crippen molar-refractivity contribution in [3.63, 3.8) is 0 Å². The summed E-state index contributed by atoms with van der Waals surface area (Å²) in [6, 6.07) is 0. The average molecular weight is 200 g/mol. The maximum atomic E-state index is 11.2. The van der Waals surface area contributed by atoms with Crippen LogP contribution in [-0.2, 0) is 4.74 Å². The topological polar surface area (TPSA) is 42.1 Å². The Morgan fingerprint density at radius 3 is 2.92 bits per heavy atom. The molecule has 1 N–H and O–H groups in total. The molecule has 1 heterocycles. The Hall–Kier alpha value is -0.960. The molecule has 0 aromatic carbocycles. The van der Waals surface area contributed by atoms with E-state index in [0.29, 0.717) is 16.6 Å². The van der Waals surface area contributed by atoms with Gasteiger partial charge in [0.1, 0.15) is 5.69 Å². The lowest BCUT2D eigenvalue weighted by atomic mass is 10.2. The number of ether oxygens (including phenoxy) is 1. The molecule has 1 aliphatic carbocycles. The quantitative estimate of drug-likeness (QED) is 0.743. The molecular formula is C9H10ClNO2. The van der Waals surface area contributed by atoms with E-state index in [-0.39, 0.29) is 0 Å². The van der Waals surface area contributed by atoms with E-state index < -0.39 is 5.97 Å². The molecule has 1 fully saturated rings. The first-order chi connectivity index (χ1) is 6.24. The van der Waals surface area contributed by atoms with Gasteiger partial charge in [0, 0.05) is 6.20 Å². The fraction of sp³-hybridized carbons (Fsp3) is 0.444. The maximum absolute atomic E-state index is 11.2. The summed E-state index contributed by atoms with van der Waals surface area (Å²) < 4.78 is 4.58. The molecule has 3 nitrogen and oxygen atoms in total. The highest BCUT2D eigenvalue weighted by Gasteiger charge is 2.29. The monoisotopic (exact) mass is 199 g/mol. The predicted molar refractivity (Wildman–Crippen MR) is 49.1 cm³/mol. The van der Waals surface area contributed by atoms with Gasteiger partial charge in [0.25, 0.3) is 0 Å². The van der Waals surface area contributed by atoms with Crippen LogP contribution in [-0.4, -0.2) is 18.1 Å².